The van der Waals surface area contributed by atoms with Crippen LogP contribution in [0.3, 0.4) is 0 Å². The Kier molecular flexibility index (Phi) is 8.90. The van der Waals surface area contributed by atoms with E-state index in [9.17, 15) is 19.8 Å². The average molecular weight is 504 g/mol. The van der Waals surface area contributed by atoms with Crippen LogP contribution >= 0.6 is 23.2 Å². The third-order valence-electron chi connectivity index (χ3n) is 5.05. The lowest BCUT2D eigenvalue weighted by molar-refractivity contribution is -0.154. The Labute approximate surface area is 206 Å². The minimum Gasteiger partial charge on any atom is -0.484 e. The first-order valence-electron chi connectivity index (χ1n) is 10.3. The van der Waals surface area contributed by atoms with Crippen LogP contribution in [-0.4, -0.2) is 52.1 Å². The highest BCUT2D eigenvalue weighted by Crippen LogP contribution is 2.27. The van der Waals surface area contributed by atoms with E-state index in [1.165, 1.54) is 0 Å². The van der Waals surface area contributed by atoms with Crippen LogP contribution in [0.25, 0.3) is 11.1 Å². The van der Waals surface area contributed by atoms with Gasteiger partial charge in [0.25, 0.3) is 5.91 Å². The summed E-state index contributed by atoms with van der Waals surface area (Å²) in [5.41, 5.74) is 2.35. The Hall–Kier alpha value is -3.10. The molecule has 3 unspecified atom stereocenters. The van der Waals surface area contributed by atoms with E-state index >= 15 is 0 Å². The molecule has 3 rings (SSSR count). The lowest BCUT2D eigenvalue weighted by Gasteiger charge is -2.26. The van der Waals surface area contributed by atoms with E-state index in [0.717, 1.165) is 11.1 Å². The Morgan fingerprint density at radius 2 is 1.50 bits per heavy atom. The normalized spacial score (nSPS) is 13.5. The number of halogens is 2. The van der Waals surface area contributed by atoms with Gasteiger partial charge in [-0.1, -0.05) is 65.7 Å². The number of ether oxygens (including phenoxy) is 1. The van der Waals surface area contributed by atoms with Crippen LogP contribution in [0.5, 0.6) is 5.75 Å². The van der Waals surface area contributed by atoms with Gasteiger partial charge in [-0.2, -0.15) is 0 Å². The zero-order chi connectivity index (χ0) is 24.7. The first-order valence-corrected chi connectivity index (χ1v) is 11.1. The number of carboxylic acids is 1. The number of aliphatic hydroxyl groups is 2. The second kappa shape index (κ2) is 11.9. The molecule has 4 N–H and O–H groups in total. The van der Waals surface area contributed by atoms with E-state index in [1.807, 2.05) is 12.1 Å². The highest BCUT2D eigenvalue weighted by atomic mass is 35.5. The van der Waals surface area contributed by atoms with Crippen molar-refractivity contribution in [3.05, 3.63) is 88.4 Å². The number of aliphatic carboxylic acids is 1. The van der Waals surface area contributed by atoms with Gasteiger partial charge in [-0.3, -0.25) is 4.79 Å². The number of benzene rings is 3. The molecular weight excluding hydrogens is 481 g/mol. The fraction of sp³-hybridized carbons (Fsp3) is 0.200. The summed E-state index contributed by atoms with van der Waals surface area (Å²) in [4.78, 5) is 23.6. The van der Waals surface area contributed by atoms with Crippen molar-refractivity contribution < 1.29 is 29.6 Å². The summed E-state index contributed by atoms with van der Waals surface area (Å²) in [6, 6.07) is 19.9. The number of carbonyl (C=O) groups is 2. The van der Waals surface area contributed by atoms with Crippen LogP contribution in [0.4, 0.5) is 0 Å². The Morgan fingerprint density at radius 1 is 0.882 bits per heavy atom. The van der Waals surface area contributed by atoms with E-state index < -0.39 is 30.1 Å². The van der Waals surface area contributed by atoms with E-state index in [-0.39, 0.29) is 13.0 Å². The molecule has 0 saturated heterocycles. The summed E-state index contributed by atoms with van der Waals surface area (Å²) >= 11 is 12.1. The van der Waals surface area contributed by atoms with Crippen molar-refractivity contribution >= 4 is 35.1 Å². The summed E-state index contributed by atoms with van der Waals surface area (Å²) in [6.45, 7) is -0.342. The van der Waals surface area contributed by atoms with Crippen LogP contribution in [0.1, 0.15) is 5.56 Å². The van der Waals surface area contributed by atoms with Gasteiger partial charge in [0.1, 0.15) is 11.9 Å². The van der Waals surface area contributed by atoms with Gasteiger partial charge >= 0.3 is 5.97 Å². The number of nitrogens with one attached hydrogen (secondary N) is 1. The molecule has 3 aromatic carbocycles. The van der Waals surface area contributed by atoms with Gasteiger partial charge in [-0.25, -0.2) is 4.79 Å². The highest BCUT2D eigenvalue weighted by Gasteiger charge is 2.32. The fourth-order valence-electron chi connectivity index (χ4n) is 3.35. The van der Waals surface area contributed by atoms with Gasteiger partial charge in [0.2, 0.25) is 0 Å². The number of para-hydroxylation sites is 1. The predicted molar refractivity (Wildman–Crippen MR) is 129 cm³/mol. The van der Waals surface area contributed by atoms with E-state index in [1.54, 1.807) is 60.7 Å². The number of amides is 1. The molecule has 0 saturated carbocycles. The number of aliphatic hydroxyl groups excluding tert-OH is 2. The van der Waals surface area contributed by atoms with Crippen molar-refractivity contribution in [2.24, 2.45) is 0 Å². The monoisotopic (exact) mass is 503 g/mol. The molecule has 0 aromatic heterocycles. The summed E-state index contributed by atoms with van der Waals surface area (Å²) in [7, 11) is 0. The third-order valence-corrected chi connectivity index (χ3v) is 5.49. The number of hydrogen-bond acceptors (Lipinski definition) is 5. The largest absolute Gasteiger partial charge is 0.484 e. The number of hydrogen-bond donors (Lipinski definition) is 4. The second-order valence-electron chi connectivity index (χ2n) is 7.61. The van der Waals surface area contributed by atoms with E-state index in [4.69, 9.17) is 33.0 Å². The summed E-state index contributed by atoms with van der Waals surface area (Å²) in [5.74, 6) is -1.69. The van der Waals surface area contributed by atoms with Crippen LogP contribution in [0.2, 0.25) is 10.0 Å². The molecule has 0 aliphatic carbocycles. The summed E-state index contributed by atoms with van der Waals surface area (Å²) < 4.78 is 5.40. The first-order chi connectivity index (χ1) is 16.2. The van der Waals surface area contributed by atoms with Crippen molar-refractivity contribution in [1.29, 1.82) is 0 Å². The number of rotatable bonds is 10. The molecule has 7 nitrogen and oxygen atoms in total. The minimum atomic E-state index is -2.08. The molecule has 0 spiro atoms. The highest BCUT2D eigenvalue weighted by molar-refractivity contribution is 6.35. The van der Waals surface area contributed by atoms with Crippen LogP contribution in [-0.2, 0) is 16.0 Å². The van der Waals surface area contributed by atoms with Crippen LogP contribution in [0, 0.1) is 0 Å². The molecule has 0 bridgehead atoms. The van der Waals surface area contributed by atoms with E-state index in [2.05, 4.69) is 5.32 Å². The molecule has 0 fully saturated rings. The predicted octanol–water partition coefficient (Wildman–Crippen LogP) is 3.57. The maximum absolute atomic E-state index is 12.4. The molecular formula is C25H23Cl2NO6. The second-order valence-corrected chi connectivity index (χ2v) is 8.48. The molecule has 0 radical (unpaired) electrons. The van der Waals surface area contributed by atoms with Gasteiger partial charge in [-0.15, -0.1) is 0 Å². The first kappa shape index (κ1) is 25.5. The fourth-order valence-corrected chi connectivity index (χ4v) is 3.87. The van der Waals surface area contributed by atoms with Gasteiger partial charge in [0.05, 0.1) is 6.04 Å². The average Bonchev–Trinajstić information content (AvgIpc) is 2.82. The standard InChI is InChI=1S/C25H23Cl2NO6/c26-18-11-17(12-19(27)13-18)16-8-6-15(7-9-16)10-21(23(30)24(31)25(32)33)28-22(29)14-34-20-4-2-1-3-5-20/h1-9,11-13,21,23-24,30-31H,10,14H2,(H,28,29)(H,32,33). The zero-order valence-electron chi connectivity index (χ0n) is 17.9. The zero-order valence-corrected chi connectivity index (χ0v) is 19.4. The van der Waals surface area contributed by atoms with Gasteiger partial charge in [0, 0.05) is 10.0 Å². The maximum Gasteiger partial charge on any atom is 0.335 e. The quantitative estimate of drug-likeness (QED) is 0.336. The molecule has 0 heterocycles. The van der Waals surface area contributed by atoms with Gasteiger partial charge in [-0.05, 0) is 53.4 Å². The number of carbonyl (C=O) groups excluding carboxylic acids is 1. The molecule has 3 aromatic rings. The van der Waals surface area contributed by atoms with Crippen molar-refractivity contribution in [1.82, 2.24) is 5.32 Å². The van der Waals surface area contributed by atoms with Crippen molar-refractivity contribution in [2.45, 2.75) is 24.7 Å². The van der Waals surface area contributed by atoms with Crippen molar-refractivity contribution in [2.75, 3.05) is 6.61 Å². The molecule has 0 aliphatic heterocycles. The smallest absolute Gasteiger partial charge is 0.335 e. The van der Waals surface area contributed by atoms with Crippen molar-refractivity contribution in [3.8, 4) is 16.9 Å². The molecule has 0 aliphatic rings. The minimum absolute atomic E-state index is 0.0686. The molecule has 178 valence electrons. The van der Waals surface area contributed by atoms with Gasteiger partial charge in [0.15, 0.2) is 12.7 Å². The Morgan fingerprint density at radius 3 is 2.09 bits per heavy atom. The molecule has 3 atom stereocenters. The lowest BCUT2D eigenvalue weighted by atomic mass is 9.96. The topological polar surface area (TPSA) is 116 Å². The maximum atomic E-state index is 12.4. The molecule has 1 amide bonds. The summed E-state index contributed by atoms with van der Waals surface area (Å²) in [5, 5.41) is 32.9. The Bertz CT molecular complexity index is 1100. The van der Waals surface area contributed by atoms with Crippen LogP contribution < -0.4 is 10.1 Å². The molecule has 34 heavy (non-hydrogen) atoms. The lowest BCUT2D eigenvalue weighted by Crippen LogP contribution is -2.52. The van der Waals surface area contributed by atoms with Crippen molar-refractivity contribution in [3.63, 3.8) is 0 Å². The van der Waals surface area contributed by atoms with Crippen LogP contribution in [0.15, 0.2) is 72.8 Å². The van der Waals surface area contributed by atoms with E-state index in [0.29, 0.717) is 21.4 Å². The summed E-state index contributed by atoms with van der Waals surface area (Å²) in [6.07, 6.45) is -3.75. The third kappa shape index (κ3) is 7.20. The van der Waals surface area contributed by atoms with Gasteiger partial charge < -0.3 is 25.4 Å². The SMILES string of the molecule is O=C(COc1ccccc1)NC(Cc1ccc(-c2cc(Cl)cc(Cl)c2)cc1)C(O)C(O)C(=O)O. The Balaban J connectivity index is 1.72. The molecule has 9 heteroatoms. The number of carboxylic acid groups (broad SMARTS) is 1.